The van der Waals surface area contributed by atoms with E-state index in [1.807, 2.05) is 6.92 Å². The quantitative estimate of drug-likeness (QED) is 0.828. The first-order chi connectivity index (χ1) is 10.7. The van der Waals surface area contributed by atoms with Gasteiger partial charge < -0.3 is 0 Å². The Morgan fingerprint density at radius 3 is 2.48 bits per heavy atom. The molecule has 1 atom stereocenters. The Kier molecular flexibility index (Phi) is 4.98. The molecule has 5 nitrogen and oxygen atoms in total. The van der Waals surface area contributed by atoms with Gasteiger partial charge in [0.2, 0.25) is 5.91 Å². The lowest BCUT2D eigenvalue weighted by molar-refractivity contribution is -0.122. The van der Waals surface area contributed by atoms with E-state index in [4.69, 9.17) is 0 Å². The number of nitrogens with one attached hydrogen (secondary N) is 1. The number of rotatable bonds is 3. The fraction of sp³-hybridized carbons (Fsp3) is 0.357. The number of halogens is 3. The summed E-state index contributed by atoms with van der Waals surface area (Å²) in [5.41, 5.74) is 3.76. The largest absolute Gasteiger partial charge is 0.406 e. The van der Waals surface area contributed by atoms with Crippen LogP contribution in [0.3, 0.4) is 0 Å². The first-order valence-electron chi connectivity index (χ1n) is 6.71. The van der Waals surface area contributed by atoms with Gasteiger partial charge in [-0.2, -0.15) is 18.3 Å². The van der Waals surface area contributed by atoms with Crippen LogP contribution < -0.4 is 10.3 Å². The van der Waals surface area contributed by atoms with E-state index in [0.717, 1.165) is 0 Å². The maximum Gasteiger partial charge on any atom is 0.406 e. The molecule has 1 aromatic rings. The molecule has 0 saturated carbocycles. The Bertz CT molecular complexity index is 644. The van der Waals surface area contributed by atoms with Crippen LogP contribution in [0, 0.1) is 5.92 Å². The number of hydrazone groups is 1. The highest BCUT2D eigenvalue weighted by Gasteiger charge is 2.33. The minimum atomic E-state index is -4.52. The molecule has 0 aliphatic carbocycles. The number of nitrogens with zero attached hydrogens (tertiary/aromatic N) is 2. The third-order valence-electron chi connectivity index (χ3n) is 3.30. The molecule has 0 radical (unpaired) electrons. The normalized spacial score (nSPS) is 18.2. The Morgan fingerprint density at radius 2 is 2.00 bits per heavy atom. The summed E-state index contributed by atoms with van der Waals surface area (Å²) in [5.74, 6) is -0.290. The number of benzene rings is 1. The minimum absolute atomic E-state index is 0.0826. The van der Waals surface area contributed by atoms with Gasteiger partial charge in [-0.25, -0.2) is 5.43 Å². The molecular formula is C14H14F3N3O2S. The van der Waals surface area contributed by atoms with Crippen molar-refractivity contribution >= 4 is 35.2 Å². The predicted octanol–water partition coefficient (Wildman–Crippen LogP) is 2.97. The number of alkyl halides is 3. The van der Waals surface area contributed by atoms with Gasteiger partial charge in [0.25, 0.3) is 5.24 Å². The van der Waals surface area contributed by atoms with E-state index in [-0.39, 0.29) is 23.9 Å². The number of anilines is 1. The lowest BCUT2D eigenvalue weighted by Crippen LogP contribution is -2.36. The van der Waals surface area contributed by atoms with Gasteiger partial charge in [0.1, 0.15) is 6.54 Å². The van der Waals surface area contributed by atoms with Crippen molar-refractivity contribution in [3.05, 3.63) is 29.8 Å². The van der Waals surface area contributed by atoms with Crippen LogP contribution in [0.5, 0.6) is 0 Å². The summed E-state index contributed by atoms with van der Waals surface area (Å²) < 4.78 is 37.6. The Balaban J connectivity index is 2.24. The van der Waals surface area contributed by atoms with Crippen molar-refractivity contribution in [1.29, 1.82) is 0 Å². The molecule has 1 heterocycles. The smallest absolute Gasteiger partial charge is 0.294 e. The number of carbonyl (C=O) groups is 2. The third-order valence-corrected chi connectivity index (χ3v) is 3.54. The first-order valence-corrected chi connectivity index (χ1v) is 7.16. The summed E-state index contributed by atoms with van der Waals surface area (Å²) in [6.07, 6.45) is -4.24. The zero-order chi connectivity index (χ0) is 17.2. The maximum atomic E-state index is 12.5. The minimum Gasteiger partial charge on any atom is -0.294 e. The van der Waals surface area contributed by atoms with Crippen LogP contribution >= 0.6 is 12.6 Å². The number of thiol groups is 1. The summed E-state index contributed by atoms with van der Waals surface area (Å²) in [6, 6.07) is 5.90. The van der Waals surface area contributed by atoms with Crippen molar-refractivity contribution in [2.75, 3.05) is 11.4 Å². The molecule has 1 aromatic carbocycles. The molecule has 1 unspecified atom stereocenters. The molecule has 2 amide bonds. The van der Waals surface area contributed by atoms with Crippen LogP contribution in [0.2, 0.25) is 0 Å². The van der Waals surface area contributed by atoms with Crippen molar-refractivity contribution in [3.8, 4) is 0 Å². The zero-order valence-corrected chi connectivity index (χ0v) is 13.0. The molecule has 1 aliphatic rings. The van der Waals surface area contributed by atoms with Gasteiger partial charge in [0.15, 0.2) is 0 Å². The van der Waals surface area contributed by atoms with Crippen LogP contribution in [0.1, 0.15) is 18.9 Å². The van der Waals surface area contributed by atoms with Crippen molar-refractivity contribution in [2.45, 2.75) is 19.5 Å². The lowest BCUT2D eigenvalue weighted by atomic mass is 9.94. The van der Waals surface area contributed by atoms with E-state index in [2.05, 4.69) is 23.2 Å². The summed E-state index contributed by atoms with van der Waals surface area (Å²) >= 11 is 3.48. The lowest BCUT2D eigenvalue weighted by Gasteiger charge is -2.23. The van der Waals surface area contributed by atoms with Crippen LogP contribution in [0.15, 0.2) is 29.4 Å². The number of hydrogen-bond acceptors (Lipinski definition) is 3. The molecule has 23 heavy (non-hydrogen) atoms. The molecule has 9 heteroatoms. The molecule has 1 N–H and O–H groups in total. The third kappa shape index (κ3) is 4.47. The van der Waals surface area contributed by atoms with Gasteiger partial charge in [-0.15, -0.1) is 0 Å². The maximum absolute atomic E-state index is 12.5. The Morgan fingerprint density at radius 1 is 1.39 bits per heavy atom. The molecule has 0 bridgehead atoms. The number of hydrogen-bond donors (Lipinski definition) is 2. The fourth-order valence-corrected chi connectivity index (χ4v) is 2.45. The summed E-state index contributed by atoms with van der Waals surface area (Å²) in [7, 11) is 0. The monoisotopic (exact) mass is 345 g/mol. The second-order valence-corrected chi connectivity index (χ2v) is 5.55. The van der Waals surface area contributed by atoms with Crippen molar-refractivity contribution in [1.82, 2.24) is 5.43 Å². The molecule has 124 valence electrons. The SMILES string of the molecule is CC1CC(=O)NN=C1c1ccc(N(CC(F)(F)F)C(=O)S)cc1. The first kappa shape index (κ1) is 17.3. The summed E-state index contributed by atoms with van der Waals surface area (Å²) in [5, 5.41) is 2.98. The number of carbonyl (C=O) groups excluding carboxylic acids is 2. The average Bonchev–Trinajstić information content (AvgIpc) is 2.44. The molecule has 2 rings (SSSR count). The highest BCUT2D eigenvalue weighted by molar-refractivity contribution is 7.96. The van der Waals surface area contributed by atoms with Gasteiger partial charge in [-0.1, -0.05) is 31.7 Å². The van der Waals surface area contributed by atoms with Crippen LogP contribution in [-0.4, -0.2) is 29.6 Å². The predicted molar refractivity (Wildman–Crippen MR) is 82.7 cm³/mol. The van der Waals surface area contributed by atoms with E-state index in [9.17, 15) is 22.8 Å². The number of amides is 2. The van der Waals surface area contributed by atoms with E-state index in [1.54, 1.807) is 12.1 Å². The van der Waals surface area contributed by atoms with E-state index < -0.39 is 18.0 Å². The molecule has 0 saturated heterocycles. The second kappa shape index (κ2) is 6.61. The molecule has 0 fully saturated rings. The highest BCUT2D eigenvalue weighted by atomic mass is 32.1. The molecule has 0 aromatic heterocycles. The van der Waals surface area contributed by atoms with Gasteiger partial charge in [0, 0.05) is 18.0 Å². The molecular weight excluding hydrogens is 331 g/mol. The van der Waals surface area contributed by atoms with Gasteiger partial charge in [0.05, 0.1) is 5.71 Å². The van der Waals surface area contributed by atoms with Crippen LogP contribution in [0.4, 0.5) is 23.7 Å². The Labute approximate surface area is 135 Å². The van der Waals surface area contributed by atoms with E-state index >= 15 is 0 Å². The molecule has 0 spiro atoms. The summed E-state index contributed by atoms with van der Waals surface area (Å²) in [4.78, 5) is 23.1. The van der Waals surface area contributed by atoms with E-state index in [0.29, 0.717) is 16.2 Å². The van der Waals surface area contributed by atoms with Gasteiger partial charge in [-0.05, 0) is 17.7 Å². The van der Waals surface area contributed by atoms with Crippen molar-refractivity contribution < 1.29 is 22.8 Å². The van der Waals surface area contributed by atoms with Gasteiger partial charge in [-0.3, -0.25) is 14.5 Å². The van der Waals surface area contributed by atoms with E-state index in [1.165, 1.54) is 12.1 Å². The fourth-order valence-electron chi connectivity index (χ4n) is 2.26. The Hall–Kier alpha value is -2.03. The van der Waals surface area contributed by atoms with Crippen molar-refractivity contribution in [3.63, 3.8) is 0 Å². The van der Waals surface area contributed by atoms with Gasteiger partial charge >= 0.3 is 6.18 Å². The molecule has 1 aliphatic heterocycles. The van der Waals surface area contributed by atoms with Crippen LogP contribution in [0.25, 0.3) is 0 Å². The highest BCUT2D eigenvalue weighted by Crippen LogP contribution is 2.25. The van der Waals surface area contributed by atoms with Crippen molar-refractivity contribution in [2.24, 2.45) is 11.0 Å². The average molecular weight is 345 g/mol. The topological polar surface area (TPSA) is 61.8 Å². The summed E-state index contributed by atoms with van der Waals surface area (Å²) in [6.45, 7) is 0.417. The standard InChI is InChI=1S/C14H14F3N3O2S/c1-8-6-11(21)18-19-12(8)9-2-4-10(5-3-9)20(13(22)23)7-14(15,16)17/h2-5,8H,6-7H2,1H3,(H,18,21)(H,22,23). The second-order valence-electron chi connectivity index (χ2n) is 5.17. The zero-order valence-electron chi connectivity index (χ0n) is 12.1. The van der Waals surface area contributed by atoms with Crippen LogP contribution in [-0.2, 0) is 4.79 Å².